The number of benzene rings is 2. The second kappa shape index (κ2) is 11.0. The first-order valence-corrected chi connectivity index (χ1v) is 11.0. The van der Waals surface area contributed by atoms with Crippen LogP contribution in [0.2, 0.25) is 5.02 Å². The maximum absolute atomic E-state index is 10.5. The Morgan fingerprint density at radius 3 is 2.47 bits per heavy atom. The molecule has 4 rings (SSSR count). The molecule has 3 aromatic rings. The lowest BCUT2D eigenvalue weighted by Crippen LogP contribution is -2.38. The van der Waals surface area contributed by atoms with Crippen molar-refractivity contribution in [3.63, 3.8) is 0 Å². The summed E-state index contributed by atoms with van der Waals surface area (Å²) in [4.78, 5) is 2.95. The van der Waals surface area contributed by atoms with Crippen LogP contribution in [-0.2, 0) is 6.54 Å². The van der Waals surface area contributed by atoms with E-state index in [1.807, 2.05) is 30.3 Å². The van der Waals surface area contributed by atoms with Crippen molar-refractivity contribution in [2.45, 2.75) is 32.4 Å². The molecule has 164 valence electrons. The maximum Gasteiger partial charge on any atom is 0.182 e. The number of aromatic nitrogens is 1. The van der Waals surface area contributed by atoms with Gasteiger partial charge in [-0.2, -0.15) is 0 Å². The summed E-state index contributed by atoms with van der Waals surface area (Å²) in [5.41, 5.74) is 3.31. The Balaban J connectivity index is 0.00000160. The number of thiazole rings is 1. The van der Waals surface area contributed by atoms with Crippen molar-refractivity contribution in [1.29, 1.82) is 5.41 Å². The van der Waals surface area contributed by atoms with Crippen LogP contribution in [0, 0.1) is 18.3 Å². The molecular formula is C22H28Cl3N3OS. The van der Waals surface area contributed by atoms with Gasteiger partial charge in [0.2, 0.25) is 0 Å². The van der Waals surface area contributed by atoms with Gasteiger partial charge in [0.15, 0.2) is 4.80 Å². The quantitative estimate of drug-likeness (QED) is 0.503. The number of piperidine rings is 1. The third kappa shape index (κ3) is 5.78. The van der Waals surface area contributed by atoms with Crippen LogP contribution in [0.15, 0.2) is 42.5 Å². The van der Waals surface area contributed by atoms with Gasteiger partial charge >= 0.3 is 0 Å². The van der Waals surface area contributed by atoms with E-state index in [1.165, 1.54) is 16.9 Å². The molecule has 1 fully saturated rings. The first kappa shape index (κ1) is 25.2. The molecule has 1 saturated heterocycles. The number of halogens is 3. The summed E-state index contributed by atoms with van der Waals surface area (Å²) in [5, 5.41) is 19.6. The van der Waals surface area contributed by atoms with Crippen molar-refractivity contribution >= 4 is 58.0 Å². The molecule has 2 aromatic carbocycles. The summed E-state index contributed by atoms with van der Waals surface area (Å²) in [5.74, 6) is 0.565. The summed E-state index contributed by atoms with van der Waals surface area (Å²) >= 11 is 7.58. The van der Waals surface area contributed by atoms with Crippen LogP contribution < -0.4 is 4.80 Å². The number of nitrogens with zero attached hydrogens (tertiary/aromatic N) is 2. The Morgan fingerprint density at radius 1 is 1.13 bits per heavy atom. The van der Waals surface area contributed by atoms with Crippen molar-refractivity contribution in [3.05, 3.63) is 63.4 Å². The minimum Gasteiger partial charge on any atom is -0.387 e. The van der Waals surface area contributed by atoms with Crippen molar-refractivity contribution in [1.82, 2.24) is 9.47 Å². The van der Waals surface area contributed by atoms with Crippen molar-refractivity contribution < 1.29 is 5.11 Å². The average molecular weight is 489 g/mol. The zero-order valence-corrected chi connectivity index (χ0v) is 20.1. The van der Waals surface area contributed by atoms with Crippen LogP contribution in [0.1, 0.15) is 30.1 Å². The molecule has 1 aliphatic rings. The molecule has 2 heterocycles. The van der Waals surface area contributed by atoms with Crippen LogP contribution in [0.5, 0.6) is 0 Å². The molecule has 1 aromatic heterocycles. The van der Waals surface area contributed by atoms with Crippen LogP contribution >= 0.6 is 47.8 Å². The van der Waals surface area contributed by atoms with E-state index < -0.39 is 6.10 Å². The number of aliphatic hydroxyl groups is 1. The predicted octanol–water partition coefficient (Wildman–Crippen LogP) is 5.43. The molecular weight excluding hydrogens is 461 g/mol. The van der Waals surface area contributed by atoms with Crippen LogP contribution in [0.3, 0.4) is 0 Å². The van der Waals surface area contributed by atoms with Gasteiger partial charge < -0.3 is 14.6 Å². The number of nitrogens with one attached hydrogen (secondary N) is 1. The van der Waals surface area contributed by atoms with E-state index in [2.05, 4.69) is 28.5 Å². The number of rotatable bonds is 5. The fraction of sp³-hybridized carbons (Fsp3) is 0.409. The number of hydrogen-bond acceptors (Lipinski definition) is 4. The number of likely N-dealkylation sites (tertiary alicyclic amines) is 1. The zero-order chi connectivity index (χ0) is 19.7. The van der Waals surface area contributed by atoms with Crippen molar-refractivity contribution in [2.75, 3.05) is 19.6 Å². The number of aliphatic hydroxyl groups excluding tert-OH is 1. The Bertz CT molecular complexity index is 1010. The van der Waals surface area contributed by atoms with Gasteiger partial charge in [0.05, 0.1) is 16.3 Å². The highest BCUT2D eigenvalue weighted by Crippen LogP contribution is 2.26. The highest BCUT2D eigenvalue weighted by Gasteiger charge is 2.22. The highest BCUT2D eigenvalue weighted by atomic mass is 35.5. The molecule has 1 aliphatic heterocycles. The molecule has 30 heavy (non-hydrogen) atoms. The summed E-state index contributed by atoms with van der Waals surface area (Å²) in [6.07, 6.45) is 1.76. The molecule has 0 aliphatic carbocycles. The topological polar surface area (TPSA) is 52.2 Å². The lowest BCUT2D eigenvalue weighted by atomic mass is 9.96. The fourth-order valence-electron chi connectivity index (χ4n) is 3.99. The molecule has 0 bridgehead atoms. The third-order valence-electron chi connectivity index (χ3n) is 5.71. The van der Waals surface area contributed by atoms with Crippen molar-refractivity contribution in [2.24, 2.45) is 5.92 Å². The van der Waals surface area contributed by atoms with Crippen molar-refractivity contribution in [3.8, 4) is 0 Å². The van der Waals surface area contributed by atoms with E-state index in [1.54, 1.807) is 0 Å². The van der Waals surface area contributed by atoms with Gasteiger partial charge in [-0.1, -0.05) is 52.8 Å². The van der Waals surface area contributed by atoms with E-state index in [9.17, 15) is 5.11 Å². The lowest BCUT2D eigenvalue weighted by molar-refractivity contribution is 0.0867. The third-order valence-corrected chi connectivity index (χ3v) is 6.90. The smallest absolute Gasteiger partial charge is 0.182 e. The van der Waals surface area contributed by atoms with Gasteiger partial charge in [0.1, 0.15) is 0 Å². The fourth-order valence-corrected chi connectivity index (χ4v) is 5.19. The molecule has 4 nitrogen and oxygen atoms in total. The molecule has 0 spiro atoms. The van der Waals surface area contributed by atoms with Gasteiger partial charge in [0, 0.05) is 18.1 Å². The SMILES string of the molecule is Cc1ccc([C@@H](O)CN2CCC(Cn3c(=N)sc4cc(Cl)ccc43)CC2)cc1.Cl.Cl. The monoisotopic (exact) mass is 487 g/mol. The van der Waals surface area contributed by atoms with Crippen LogP contribution in [0.25, 0.3) is 10.2 Å². The summed E-state index contributed by atoms with van der Waals surface area (Å²) in [7, 11) is 0. The molecule has 0 amide bonds. The Morgan fingerprint density at radius 2 is 1.80 bits per heavy atom. The minimum absolute atomic E-state index is 0. The van der Waals surface area contributed by atoms with Gasteiger partial charge in [-0.3, -0.25) is 5.41 Å². The maximum atomic E-state index is 10.5. The molecule has 0 saturated carbocycles. The van der Waals surface area contributed by atoms with Crippen LogP contribution in [0.4, 0.5) is 0 Å². The largest absolute Gasteiger partial charge is 0.387 e. The average Bonchev–Trinajstić information content (AvgIpc) is 2.98. The highest BCUT2D eigenvalue weighted by molar-refractivity contribution is 7.16. The van der Waals surface area contributed by atoms with E-state index in [0.717, 1.165) is 53.3 Å². The Labute approximate surface area is 198 Å². The Kier molecular flexibility index (Phi) is 9.22. The van der Waals surface area contributed by atoms with Gasteiger partial charge in [-0.05, 0) is 62.5 Å². The lowest BCUT2D eigenvalue weighted by Gasteiger charge is -2.33. The molecule has 0 radical (unpaired) electrons. The standard InChI is InChI=1S/C22H26ClN3OS.2ClH/c1-15-2-4-17(5-3-15)20(27)14-25-10-8-16(9-11-25)13-26-19-7-6-18(23)12-21(19)28-22(26)24;;/h2-7,12,16,20,24,27H,8-11,13-14H2,1H3;2*1H/t20-;;/m0../s1. The van der Waals surface area contributed by atoms with Gasteiger partial charge in [-0.25, -0.2) is 0 Å². The van der Waals surface area contributed by atoms with E-state index >= 15 is 0 Å². The molecule has 0 unspecified atom stereocenters. The predicted molar refractivity (Wildman–Crippen MR) is 130 cm³/mol. The first-order chi connectivity index (χ1) is 13.5. The van der Waals surface area contributed by atoms with E-state index in [-0.39, 0.29) is 24.8 Å². The summed E-state index contributed by atoms with van der Waals surface area (Å²) in [6, 6.07) is 14.0. The van der Waals surface area contributed by atoms with E-state index in [0.29, 0.717) is 17.3 Å². The van der Waals surface area contributed by atoms with Crippen LogP contribution in [-0.4, -0.2) is 34.2 Å². The number of hydrogen-bond donors (Lipinski definition) is 2. The molecule has 1 atom stereocenters. The molecule has 2 N–H and O–H groups in total. The first-order valence-electron chi connectivity index (χ1n) is 9.80. The van der Waals surface area contributed by atoms with Gasteiger partial charge in [-0.15, -0.1) is 24.8 Å². The number of aryl methyl sites for hydroxylation is 1. The second-order valence-electron chi connectivity index (χ2n) is 7.80. The summed E-state index contributed by atoms with van der Waals surface area (Å²) < 4.78 is 3.20. The second-order valence-corrected chi connectivity index (χ2v) is 9.27. The Hall–Kier alpha value is -1.08. The minimum atomic E-state index is -0.433. The number of fused-ring (bicyclic) bond motifs is 1. The zero-order valence-electron chi connectivity index (χ0n) is 16.9. The number of β-amino-alcohol motifs (C(OH)–C–C–N with tert-alkyl or cyclic N) is 1. The van der Waals surface area contributed by atoms with Gasteiger partial charge in [0.25, 0.3) is 0 Å². The molecule has 8 heteroatoms. The van der Waals surface area contributed by atoms with E-state index in [4.69, 9.17) is 17.0 Å². The summed E-state index contributed by atoms with van der Waals surface area (Å²) in [6.45, 7) is 5.62. The normalized spacial score (nSPS) is 16.1.